The van der Waals surface area contributed by atoms with E-state index in [-0.39, 0.29) is 21.5 Å². The predicted molar refractivity (Wildman–Crippen MR) is 199 cm³/mol. The molecule has 2 atom stereocenters. The van der Waals surface area contributed by atoms with E-state index in [1.807, 2.05) is 56.4 Å². The zero-order valence-corrected chi connectivity index (χ0v) is 32.0. The van der Waals surface area contributed by atoms with Crippen LogP contribution in [0.3, 0.4) is 0 Å². The molecule has 4 heterocycles. The summed E-state index contributed by atoms with van der Waals surface area (Å²) < 4.78 is 39.9. The number of thiophene rings is 1. The van der Waals surface area contributed by atoms with Crippen LogP contribution < -0.4 is 5.14 Å². The van der Waals surface area contributed by atoms with Crippen LogP contribution in [0.2, 0.25) is 0 Å². The van der Waals surface area contributed by atoms with E-state index < -0.39 is 51.8 Å². The third-order valence-corrected chi connectivity index (χ3v) is 11.9. The van der Waals surface area contributed by atoms with Crippen molar-refractivity contribution >= 4 is 39.3 Å². The van der Waals surface area contributed by atoms with Crippen LogP contribution in [0.25, 0.3) is 0 Å². The number of carbonyl (C=O) groups is 3. The Balaban J connectivity index is 0.000000428. The number of aromatic nitrogens is 2. The Morgan fingerprint density at radius 1 is 1.00 bits per heavy atom. The number of aliphatic hydroxyl groups is 1. The molecule has 0 unspecified atom stereocenters. The van der Waals surface area contributed by atoms with Crippen LogP contribution in [0.1, 0.15) is 78.4 Å². The van der Waals surface area contributed by atoms with Crippen LogP contribution in [0.15, 0.2) is 78.0 Å². The van der Waals surface area contributed by atoms with Gasteiger partial charge in [0.1, 0.15) is 0 Å². The van der Waals surface area contributed by atoms with Crippen molar-refractivity contribution in [1.82, 2.24) is 14.9 Å². The standard InChI is InChI=1S/C32H37FN4O2S2.C6H8O7/c1-22-8-12-28(41(34,38)39)26(19-22)30(27-7-5-6-17-35-27)32(15-14-25-11-13-29(33)40-25)16-18-37(21-32)31(3,4)24-10-9-23(2)36-20-24;7-3(8)1-6(13,5(11)12)2-4(9)10/h5-13,17,19-20,30H,14-16,18,21H2,1-4H3,(H2,34,38,39);13H,1-2H2,(H,7,8)(H,9,10)(H,11,12)/t30-,32+;/m0./s1. The summed E-state index contributed by atoms with van der Waals surface area (Å²) in [6, 6.07) is 18.7. The van der Waals surface area contributed by atoms with Gasteiger partial charge in [-0.05, 0) is 106 Å². The topological polar surface area (TPSA) is 221 Å². The average Bonchev–Trinajstić information content (AvgIpc) is 3.71. The minimum absolute atomic E-state index is 0.126. The van der Waals surface area contributed by atoms with Crippen molar-refractivity contribution in [2.75, 3.05) is 13.1 Å². The van der Waals surface area contributed by atoms with Crippen molar-refractivity contribution in [1.29, 1.82) is 0 Å². The Hall–Kier alpha value is -4.61. The first-order chi connectivity index (χ1) is 25.2. The summed E-state index contributed by atoms with van der Waals surface area (Å²) in [6.07, 6.45) is 3.62. The van der Waals surface area contributed by atoms with E-state index in [0.717, 1.165) is 46.8 Å². The number of benzene rings is 1. The van der Waals surface area contributed by atoms with Gasteiger partial charge in [0.2, 0.25) is 10.0 Å². The molecule has 0 bridgehead atoms. The molecular formula is C38H45FN4O9S2. The molecule has 290 valence electrons. The second kappa shape index (κ2) is 16.8. The fourth-order valence-electron chi connectivity index (χ4n) is 7.04. The van der Waals surface area contributed by atoms with Crippen LogP contribution in [0.4, 0.5) is 4.39 Å². The lowest BCUT2D eigenvalue weighted by molar-refractivity contribution is -0.170. The van der Waals surface area contributed by atoms with Crippen LogP contribution in [0, 0.1) is 24.4 Å². The maximum Gasteiger partial charge on any atom is 0.336 e. The summed E-state index contributed by atoms with van der Waals surface area (Å²) in [5.74, 6) is -5.37. The maximum absolute atomic E-state index is 14.0. The zero-order valence-electron chi connectivity index (χ0n) is 30.4. The smallest absolute Gasteiger partial charge is 0.336 e. The lowest BCUT2D eigenvalue weighted by atomic mass is 9.66. The first-order valence-electron chi connectivity index (χ1n) is 17.0. The fraction of sp³-hybridized carbons (Fsp3) is 0.395. The van der Waals surface area contributed by atoms with Gasteiger partial charge in [-0.2, -0.15) is 4.39 Å². The summed E-state index contributed by atoms with van der Waals surface area (Å²) in [6.45, 7) is 9.86. The van der Waals surface area contributed by atoms with Gasteiger partial charge in [0.05, 0.1) is 17.7 Å². The number of likely N-dealkylation sites (tertiary alicyclic amines) is 1. The number of pyridine rings is 2. The molecule has 0 spiro atoms. The summed E-state index contributed by atoms with van der Waals surface area (Å²) in [4.78, 5) is 43.4. The number of aliphatic carboxylic acids is 3. The van der Waals surface area contributed by atoms with E-state index in [1.165, 1.54) is 17.4 Å². The minimum Gasteiger partial charge on any atom is -0.481 e. The number of nitrogens with two attached hydrogens (primary N) is 1. The van der Waals surface area contributed by atoms with Crippen molar-refractivity contribution in [3.63, 3.8) is 0 Å². The number of rotatable bonds is 14. The molecular weight excluding hydrogens is 740 g/mol. The highest BCUT2D eigenvalue weighted by atomic mass is 32.2. The molecule has 16 heteroatoms. The molecule has 1 fully saturated rings. The summed E-state index contributed by atoms with van der Waals surface area (Å²) in [7, 11) is -4.01. The molecule has 1 saturated heterocycles. The van der Waals surface area contributed by atoms with Gasteiger partial charge in [0.15, 0.2) is 10.7 Å². The molecule has 6 N–H and O–H groups in total. The number of sulfonamides is 1. The lowest BCUT2D eigenvalue weighted by Gasteiger charge is -2.42. The van der Waals surface area contributed by atoms with Crippen molar-refractivity contribution in [2.45, 2.75) is 81.8 Å². The molecule has 0 amide bonds. The van der Waals surface area contributed by atoms with E-state index in [0.29, 0.717) is 18.5 Å². The monoisotopic (exact) mass is 784 g/mol. The van der Waals surface area contributed by atoms with Gasteiger partial charge in [-0.3, -0.25) is 24.5 Å². The Bertz CT molecular complexity index is 2060. The van der Waals surface area contributed by atoms with Crippen molar-refractivity contribution in [2.24, 2.45) is 10.6 Å². The second-order valence-electron chi connectivity index (χ2n) is 14.2. The number of carboxylic acids is 3. The van der Waals surface area contributed by atoms with Gasteiger partial charge in [-0.15, -0.1) is 11.3 Å². The minimum atomic E-state index is -4.01. The van der Waals surface area contributed by atoms with Gasteiger partial charge in [0, 0.05) is 46.7 Å². The molecule has 0 radical (unpaired) electrons. The van der Waals surface area contributed by atoms with E-state index in [2.05, 4.69) is 29.8 Å². The lowest BCUT2D eigenvalue weighted by Crippen LogP contribution is -2.43. The Morgan fingerprint density at radius 3 is 2.20 bits per heavy atom. The molecule has 1 aromatic carbocycles. The molecule has 13 nitrogen and oxygen atoms in total. The number of hydrogen-bond donors (Lipinski definition) is 5. The molecule has 1 aliphatic rings. The quantitative estimate of drug-likeness (QED) is 0.113. The average molecular weight is 785 g/mol. The van der Waals surface area contributed by atoms with Gasteiger partial charge >= 0.3 is 17.9 Å². The van der Waals surface area contributed by atoms with E-state index in [4.69, 9.17) is 30.5 Å². The highest BCUT2D eigenvalue weighted by molar-refractivity contribution is 7.89. The third kappa shape index (κ3) is 10.1. The Kier molecular flexibility index (Phi) is 13.1. The van der Waals surface area contributed by atoms with Crippen molar-refractivity contribution in [3.8, 4) is 0 Å². The number of nitrogens with zero attached hydrogens (tertiary/aromatic N) is 3. The Labute approximate surface area is 317 Å². The van der Waals surface area contributed by atoms with Gasteiger partial charge in [0.25, 0.3) is 0 Å². The van der Waals surface area contributed by atoms with Gasteiger partial charge < -0.3 is 20.4 Å². The van der Waals surface area contributed by atoms with E-state index >= 15 is 0 Å². The maximum atomic E-state index is 14.0. The molecule has 3 aromatic heterocycles. The predicted octanol–water partition coefficient (Wildman–Crippen LogP) is 5.09. The molecule has 1 aliphatic heterocycles. The normalized spacial score (nSPS) is 17.0. The highest BCUT2D eigenvalue weighted by Crippen LogP contribution is 2.53. The van der Waals surface area contributed by atoms with Gasteiger partial charge in [-0.1, -0.05) is 29.8 Å². The Morgan fingerprint density at radius 2 is 1.69 bits per heavy atom. The number of aryl methyl sites for hydroxylation is 3. The zero-order chi connectivity index (χ0) is 40.1. The molecule has 0 aliphatic carbocycles. The largest absolute Gasteiger partial charge is 0.481 e. The van der Waals surface area contributed by atoms with Crippen LogP contribution >= 0.6 is 11.3 Å². The van der Waals surface area contributed by atoms with E-state index in [1.54, 1.807) is 18.3 Å². The number of carboxylic acid groups (broad SMARTS) is 3. The fourth-order valence-corrected chi connectivity index (χ4v) is 8.53. The van der Waals surface area contributed by atoms with E-state index in [9.17, 15) is 27.2 Å². The summed E-state index contributed by atoms with van der Waals surface area (Å²) >= 11 is 1.17. The summed E-state index contributed by atoms with van der Waals surface area (Å²) in [5.41, 5.74) is 1.04. The second-order valence-corrected chi connectivity index (χ2v) is 16.9. The highest BCUT2D eigenvalue weighted by Gasteiger charge is 2.50. The molecule has 54 heavy (non-hydrogen) atoms. The molecule has 0 saturated carbocycles. The molecule has 4 aromatic rings. The van der Waals surface area contributed by atoms with Crippen LogP contribution in [-0.2, 0) is 36.4 Å². The summed E-state index contributed by atoms with van der Waals surface area (Å²) in [5, 5.41) is 39.4. The SMILES string of the molecule is Cc1ccc(S(N)(=O)=O)c([C@@H](c2ccccn2)[C@]2(CCc3ccc(F)s3)CCN(C(C)(C)c3ccc(C)nc3)C2)c1.O=C(O)CC(O)(CC(=O)O)C(=O)O. The van der Waals surface area contributed by atoms with Crippen LogP contribution in [0.5, 0.6) is 0 Å². The molecule has 5 rings (SSSR count). The third-order valence-electron chi connectivity index (χ3n) is 9.96. The number of halogens is 1. The first kappa shape index (κ1) is 42.1. The number of primary sulfonamides is 1. The van der Waals surface area contributed by atoms with Crippen molar-refractivity contribution in [3.05, 3.63) is 111 Å². The van der Waals surface area contributed by atoms with Crippen molar-refractivity contribution < 1.29 is 47.6 Å². The van der Waals surface area contributed by atoms with Gasteiger partial charge in [-0.25, -0.2) is 18.4 Å². The number of hydrogen-bond acceptors (Lipinski definition) is 10. The van der Waals surface area contributed by atoms with Crippen LogP contribution in [-0.4, -0.2) is 80.3 Å². The first-order valence-corrected chi connectivity index (χ1v) is 19.4.